The largest absolute Gasteiger partial charge is 0.323 e. The van der Waals surface area contributed by atoms with Crippen molar-refractivity contribution in [2.24, 2.45) is 0 Å². The number of hydrogen-bond donors (Lipinski definition) is 2. The van der Waals surface area contributed by atoms with Crippen LogP contribution in [0.2, 0.25) is 5.02 Å². The van der Waals surface area contributed by atoms with Crippen LogP contribution < -0.4 is 15.5 Å². The van der Waals surface area contributed by atoms with Crippen molar-refractivity contribution in [3.63, 3.8) is 0 Å². The Bertz CT molecular complexity index is 776. The van der Waals surface area contributed by atoms with Crippen LogP contribution in [0.1, 0.15) is 12.0 Å². The first kappa shape index (κ1) is 15.4. The van der Waals surface area contributed by atoms with E-state index in [4.69, 9.17) is 11.6 Å². The number of nitrogens with one attached hydrogen (secondary N) is 2. The molecular formula is C17H16ClN3O2. The molecule has 2 aromatic carbocycles. The van der Waals surface area contributed by atoms with Crippen LogP contribution in [0.4, 0.5) is 21.9 Å². The number of amides is 3. The number of anilines is 3. The summed E-state index contributed by atoms with van der Waals surface area (Å²) in [6.07, 6.45) is 1.17. The fraction of sp³-hybridized carbons (Fsp3) is 0.176. The standard InChI is InChI=1S/C17H16ClN3O2/c1-21-15-8-7-12(10-11(15)6-9-16(21)22)19-17(23)20-14-5-3-2-4-13(14)18/h2-5,7-8,10H,6,9H2,1H3,(H2,19,20,23). The van der Waals surface area contributed by atoms with Crippen molar-refractivity contribution >= 4 is 40.6 Å². The van der Waals surface area contributed by atoms with Gasteiger partial charge in [-0.1, -0.05) is 23.7 Å². The van der Waals surface area contributed by atoms with Crippen LogP contribution in [0.5, 0.6) is 0 Å². The highest BCUT2D eigenvalue weighted by Gasteiger charge is 2.21. The monoisotopic (exact) mass is 329 g/mol. The van der Waals surface area contributed by atoms with Crippen LogP contribution in [0, 0.1) is 0 Å². The Hall–Kier alpha value is -2.53. The molecule has 3 amide bonds. The molecule has 0 fully saturated rings. The molecule has 0 aromatic heterocycles. The van der Waals surface area contributed by atoms with Crippen molar-refractivity contribution in [2.45, 2.75) is 12.8 Å². The smallest absolute Gasteiger partial charge is 0.315 e. The molecule has 0 bridgehead atoms. The van der Waals surface area contributed by atoms with Crippen LogP contribution in [-0.2, 0) is 11.2 Å². The van der Waals surface area contributed by atoms with Crippen LogP contribution in [0.3, 0.4) is 0 Å². The number of para-hydroxylation sites is 1. The van der Waals surface area contributed by atoms with Gasteiger partial charge < -0.3 is 15.5 Å². The van der Waals surface area contributed by atoms with Gasteiger partial charge >= 0.3 is 6.03 Å². The summed E-state index contributed by atoms with van der Waals surface area (Å²) in [5.41, 5.74) is 3.16. The lowest BCUT2D eigenvalue weighted by atomic mass is 10.0. The first-order valence-electron chi connectivity index (χ1n) is 7.26. The summed E-state index contributed by atoms with van der Waals surface area (Å²) < 4.78 is 0. The highest BCUT2D eigenvalue weighted by atomic mass is 35.5. The van der Waals surface area contributed by atoms with E-state index in [0.717, 1.165) is 11.3 Å². The molecule has 2 aromatic rings. The van der Waals surface area contributed by atoms with Crippen LogP contribution in [-0.4, -0.2) is 19.0 Å². The third-order valence-corrected chi connectivity index (χ3v) is 4.13. The summed E-state index contributed by atoms with van der Waals surface area (Å²) in [7, 11) is 1.76. The molecule has 6 heteroatoms. The lowest BCUT2D eigenvalue weighted by Crippen LogP contribution is -2.31. The minimum absolute atomic E-state index is 0.106. The maximum absolute atomic E-state index is 12.1. The van der Waals surface area contributed by atoms with E-state index >= 15 is 0 Å². The minimum atomic E-state index is -0.363. The Morgan fingerprint density at radius 3 is 2.70 bits per heavy atom. The third kappa shape index (κ3) is 3.29. The van der Waals surface area contributed by atoms with Crippen molar-refractivity contribution in [3.8, 4) is 0 Å². The molecule has 23 heavy (non-hydrogen) atoms. The highest BCUT2D eigenvalue weighted by Crippen LogP contribution is 2.29. The Balaban J connectivity index is 1.72. The van der Waals surface area contributed by atoms with E-state index in [2.05, 4.69) is 10.6 Å². The van der Waals surface area contributed by atoms with Gasteiger partial charge in [-0.25, -0.2) is 4.79 Å². The number of halogens is 1. The van der Waals surface area contributed by atoms with E-state index in [9.17, 15) is 9.59 Å². The molecule has 1 aliphatic rings. The van der Waals surface area contributed by atoms with Gasteiger partial charge in [0.15, 0.2) is 0 Å². The fourth-order valence-corrected chi connectivity index (χ4v) is 2.76. The summed E-state index contributed by atoms with van der Waals surface area (Å²) in [6, 6.07) is 12.2. The highest BCUT2D eigenvalue weighted by molar-refractivity contribution is 6.33. The number of rotatable bonds is 2. The van der Waals surface area contributed by atoms with E-state index < -0.39 is 0 Å². The van der Waals surface area contributed by atoms with E-state index in [1.807, 2.05) is 12.1 Å². The zero-order valence-electron chi connectivity index (χ0n) is 12.6. The van der Waals surface area contributed by atoms with E-state index in [1.165, 1.54) is 0 Å². The molecular weight excluding hydrogens is 314 g/mol. The van der Waals surface area contributed by atoms with Gasteiger partial charge in [-0.3, -0.25) is 4.79 Å². The second-order valence-corrected chi connectivity index (χ2v) is 5.76. The number of urea groups is 1. The molecule has 0 saturated heterocycles. The van der Waals surface area contributed by atoms with Crippen LogP contribution in [0.25, 0.3) is 0 Å². The number of aryl methyl sites for hydroxylation is 1. The number of hydrogen-bond acceptors (Lipinski definition) is 2. The SMILES string of the molecule is CN1C(=O)CCc2cc(NC(=O)Nc3ccccc3Cl)ccc21. The fourth-order valence-electron chi connectivity index (χ4n) is 2.58. The average Bonchev–Trinajstić information content (AvgIpc) is 2.53. The molecule has 0 saturated carbocycles. The topological polar surface area (TPSA) is 61.4 Å². The average molecular weight is 330 g/mol. The number of carbonyl (C=O) groups is 2. The predicted molar refractivity (Wildman–Crippen MR) is 92.3 cm³/mol. The van der Waals surface area contributed by atoms with Gasteiger partial charge in [0.1, 0.15) is 0 Å². The zero-order chi connectivity index (χ0) is 16.4. The molecule has 0 aliphatic carbocycles. The summed E-state index contributed by atoms with van der Waals surface area (Å²) >= 11 is 6.02. The summed E-state index contributed by atoms with van der Waals surface area (Å²) in [5, 5.41) is 5.97. The van der Waals surface area contributed by atoms with Crippen molar-refractivity contribution in [2.75, 3.05) is 22.6 Å². The first-order chi connectivity index (χ1) is 11.0. The first-order valence-corrected chi connectivity index (χ1v) is 7.64. The zero-order valence-corrected chi connectivity index (χ0v) is 13.4. The van der Waals surface area contributed by atoms with Gasteiger partial charge in [0.2, 0.25) is 5.91 Å². The van der Waals surface area contributed by atoms with Gasteiger partial charge in [0, 0.05) is 24.8 Å². The van der Waals surface area contributed by atoms with E-state index in [-0.39, 0.29) is 11.9 Å². The lowest BCUT2D eigenvalue weighted by molar-refractivity contribution is -0.118. The van der Waals surface area contributed by atoms with E-state index in [1.54, 1.807) is 42.3 Å². The lowest BCUT2D eigenvalue weighted by Gasteiger charge is -2.26. The molecule has 2 N–H and O–H groups in total. The number of nitrogens with zero attached hydrogens (tertiary/aromatic N) is 1. The van der Waals surface area contributed by atoms with Gasteiger partial charge in [-0.05, 0) is 42.3 Å². The molecule has 1 aliphatic heterocycles. The Morgan fingerprint density at radius 1 is 1.13 bits per heavy atom. The number of benzene rings is 2. The molecule has 0 unspecified atom stereocenters. The summed E-state index contributed by atoms with van der Waals surface area (Å²) in [4.78, 5) is 25.4. The molecule has 0 spiro atoms. The van der Waals surface area contributed by atoms with Crippen molar-refractivity contribution in [3.05, 3.63) is 53.1 Å². The molecule has 0 atom stereocenters. The molecule has 1 heterocycles. The molecule has 5 nitrogen and oxygen atoms in total. The Kier molecular flexibility index (Phi) is 4.21. The third-order valence-electron chi connectivity index (χ3n) is 3.80. The van der Waals surface area contributed by atoms with Gasteiger partial charge in [-0.2, -0.15) is 0 Å². The Morgan fingerprint density at radius 2 is 1.91 bits per heavy atom. The number of fused-ring (bicyclic) bond motifs is 1. The van der Waals surface area contributed by atoms with Crippen LogP contribution in [0.15, 0.2) is 42.5 Å². The maximum Gasteiger partial charge on any atom is 0.323 e. The molecule has 0 radical (unpaired) electrons. The van der Waals surface area contributed by atoms with Gasteiger partial charge in [0.25, 0.3) is 0 Å². The van der Waals surface area contributed by atoms with Crippen molar-refractivity contribution in [1.29, 1.82) is 0 Å². The molecule has 3 rings (SSSR count). The Labute approximate surface area is 139 Å². The second-order valence-electron chi connectivity index (χ2n) is 5.36. The van der Waals surface area contributed by atoms with Gasteiger partial charge in [-0.15, -0.1) is 0 Å². The van der Waals surface area contributed by atoms with Gasteiger partial charge in [0.05, 0.1) is 10.7 Å². The van der Waals surface area contributed by atoms with E-state index in [0.29, 0.717) is 29.2 Å². The summed E-state index contributed by atoms with van der Waals surface area (Å²) in [5.74, 6) is 0.106. The quantitative estimate of drug-likeness (QED) is 0.878. The van der Waals surface area contributed by atoms with Crippen molar-refractivity contribution in [1.82, 2.24) is 0 Å². The summed E-state index contributed by atoms with van der Waals surface area (Å²) in [6.45, 7) is 0. The van der Waals surface area contributed by atoms with Crippen LogP contribution >= 0.6 is 11.6 Å². The van der Waals surface area contributed by atoms with Crippen molar-refractivity contribution < 1.29 is 9.59 Å². The maximum atomic E-state index is 12.1. The normalized spacial score (nSPS) is 13.5. The number of carbonyl (C=O) groups excluding carboxylic acids is 2. The predicted octanol–water partition coefficient (Wildman–Crippen LogP) is 3.89. The minimum Gasteiger partial charge on any atom is -0.315 e. The second kappa shape index (κ2) is 6.30. The molecule has 118 valence electrons.